The highest BCUT2D eigenvalue weighted by atomic mass is 31.3. The molecule has 0 saturated carbocycles. The number of aliphatic hydroxyl groups excluding tert-OH is 5. The number of aromatic nitrogens is 2. The fourth-order valence-corrected chi connectivity index (χ4v) is 9.23. The molecule has 6 heterocycles. The average Bonchev–Trinajstić information content (AvgIpc) is 3.79. The molecule has 12 N–H and O–H groups in total. The molecule has 1 aromatic heterocycles. The summed E-state index contributed by atoms with van der Waals surface area (Å²) >= 11 is 0. The fraction of sp³-hybridized carbons (Fsp3) is 0.667. The summed E-state index contributed by atoms with van der Waals surface area (Å²) in [5.74, 6) is -1.96. The number of phosphoric ester groups is 2. The number of hydrogen-bond donors (Lipinski definition) is 10. The third kappa shape index (κ3) is 9.05. The number of aliphatic hydroxyl groups is 5. The van der Waals surface area contributed by atoms with Crippen LogP contribution in [0.25, 0.3) is 0 Å². The fourth-order valence-electron chi connectivity index (χ4n) is 7.14. The maximum absolute atomic E-state index is 12.7. The zero-order valence-electron chi connectivity index (χ0n) is 29.5. The van der Waals surface area contributed by atoms with E-state index in [1.807, 2.05) is 13.0 Å². The lowest BCUT2D eigenvalue weighted by atomic mass is 9.79. The second-order valence-corrected chi connectivity index (χ2v) is 16.7. The van der Waals surface area contributed by atoms with Crippen molar-refractivity contribution in [3.05, 3.63) is 30.3 Å². The van der Waals surface area contributed by atoms with Crippen LogP contribution in [0.5, 0.6) is 0 Å². The number of amides is 1. The van der Waals surface area contributed by atoms with E-state index in [1.54, 1.807) is 6.08 Å². The van der Waals surface area contributed by atoms with Gasteiger partial charge in [0.1, 0.15) is 48.6 Å². The molecule has 6 rings (SSSR count). The van der Waals surface area contributed by atoms with Gasteiger partial charge in [0.25, 0.3) is 0 Å². The van der Waals surface area contributed by atoms with E-state index in [9.17, 15) is 49.2 Å². The van der Waals surface area contributed by atoms with E-state index in [0.717, 1.165) is 18.6 Å². The number of nitrogens with zero attached hydrogens (tertiary/aromatic N) is 5. The van der Waals surface area contributed by atoms with Crippen molar-refractivity contribution in [3.63, 3.8) is 0 Å². The first kappa shape index (κ1) is 41.5. The Balaban J connectivity index is 1.01. The SMILES string of the molecule is CCCC1=NCC=C(C(O)[C@H]2C=CN([C@@H]3O[C@H](COP(=O)(O)OP(=O)(O)OC[C@H]4O[C@@H](N5CNc6c(N)ncnc65)[C@H](O)[C@@H]4O)[C@@H](O)[C@H]3O)C[C@H]2C(N)=O)C1. The number of anilines is 3. The summed E-state index contributed by atoms with van der Waals surface area (Å²) in [4.78, 5) is 48.2. The van der Waals surface area contributed by atoms with E-state index in [2.05, 4.69) is 24.6 Å². The maximum atomic E-state index is 12.7. The number of hydrogen-bond acceptors (Lipinski definition) is 20. The summed E-state index contributed by atoms with van der Waals surface area (Å²) in [6.07, 6.45) is -4.77. The standard InChI is InChI=1S/C30H46N8O15P2/c1-2-3-15-8-14(4-6-33-15)21(39)16-5-7-37(9-17(16)27(32)44)29-24(42)22(40)18(51-29)10-49-54(45,46)53-55(47,48)50-11-19-23(41)25(43)30(52-19)38-13-36-20-26(31)34-12-35-28(20)38/h4-5,7,12,16-19,21-25,29-30,36,39-43H,2-3,6,8-11,13H2,1H3,(H2,32,44)(H,45,46)(H,47,48)(H2,31,34,35)/t16-,17+,18+,19+,21?,22+,23+,24+,25+,29+,30+/m0/s1. The Morgan fingerprint density at radius 2 is 1.67 bits per heavy atom. The summed E-state index contributed by atoms with van der Waals surface area (Å²) in [6.45, 7) is 0.570. The smallest absolute Gasteiger partial charge is 0.388 e. The Hall–Kier alpha value is -3.12. The van der Waals surface area contributed by atoms with Gasteiger partial charge in [-0.1, -0.05) is 25.5 Å². The van der Waals surface area contributed by atoms with Crippen molar-refractivity contribution >= 4 is 44.6 Å². The van der Waals surface area contributed by atoms with Gasteiger partial charge in [-0.05, 0) is 18.2 Å². The highest BCUT2D eigenvalue weighted by Gasteiger charge is 2.51. The zero-order chi connectivity index (χ0) is 39.8. The molecule has 23 nitrogen and oxygen atoms in total. The lowest BCUT2D eigenvalue weighted by Crippen LogP contribution is -2.50. The van der Waals surface area contributed by atoms with Gasteiger partial charge in [0, 0.05) is 24.6 Å². The van der Waals surface area contributed by atoms with Crippen LogP contribution in [-0.2, 0) is 36.8 Å². The molecule has 306 valence electrons. The Labute approximate surface area is 314 Å². The lowest BCUT2D eigenvalue weighted by molar-refractivity contribution is -0.129. The van der Waals surface area contributed by atoms with Crippen LogP contribution in [0.1, 0.15) is 26.2 Å². The molecule has 0 spiro atoms. The number of primary amides is 1. The molecule has 1 amide bonds. The third-order valence-electron chi connectivity index (χ3n) is 9.97. The molecule has 1 aromatic rings. The summed E-state index contributed by atoms with van der Waals surface area (Å²) < 4.78 is 50.6. The number of ether oxygens (including phenoxy) is 2. The van der Waals surface area contributed by atoms with E-state index in [0.29, 0.717) is 24.2 Å². The number of nitrogens with one attached hydrogen (secondary N) is 1. The van der Waals surface area contributed by atoms with E-state index in [4.69, 9.17) is 30.0 Å². The molecule has 25 heteroatoms. The number of carbonyl (C=O) groups is 1. The predicted molar refractivity (Wildman–Crippen MR) is 189 cm³/mol. The van der Waals surface area contributed by atoms with Crippen molar-refractivity contribution in [2.45, 2.75) is 81.4 Å². The number of fused-ring (bicyclic) bond motifs is 1. The van der Waals surface area contributed by atoms with Gasteiger partial charge in [0.2, 0.25) is 5.91 Å². The second-order valence-electron chi connectivity index (χ2n) is 13.6. The Kier molecular flexibility index (Phi) is 12.7. The first-order valence-corrected chi connectivity index (χ1v) is 20.4. The molecule has 5 aliphatic heterocycles. The van der Waals surface area contributed by atoms with Gasteiger partial charge in [0.15, 0.2) is 24.1 Å². The van der Waals surface area contributed by atoms with Gasteiger partial charge in [0.05, 0.1) is 38.4 Å². The lowest BCUT2D eigenvalue weighted by Gasteiger charge is -2.39. The first-order chi connectivity index (χ1) is 26.0. The molecule has 13 atom stereocenters. The summed E-state index contributed by atoms with van der Waals surface area (Å²) in [7, 11) is -10.8. The molecule has 0 aromatic carbocycles. The van der Waals surface area contributed by atoms with Gasteiger partial charge >= 0.3 is 15.6 Å². The zero-order valence-corrected chi connectivity index (χ0v) is 31.3. The molecular weight excluding hydrogens is 774 g/mol. The molecule has 2 fully saturated rings. The molecule has 0 bridgehead atoms. The summed E-state index contributed by atoms with van der Waals surface area (Å²) in [6, 6.07) is 0. The van der Waals surface area contributed by atoms with Crippen LogP contribution >= 0.6 is 15.6 Å². The van der Waals surface area contributed by atoms with Crippen LogP contribution in [0.2, 0.25) is 0 Å². The van der Waals surface area contributed by atoms with Crippen molar-refractivity contribution in [2.24, 2.45) is 22.6 Å². The number of aliphatic imine (C=N–C) groups is 1. The Bertz CT molecular complexity index is 1770. The van der Waals surface area contributed by atoms with Crippen molar-refractivity contribution in [2.75, 3.05) is 48.9 Å². The first-order valence-electron chi connectivity index (χ1n) is 17.4. The Morgan fingerprint density at radius 3 is 2.31 bits per heavy atom. The highest BCUT2D eigenvalue weighted by molar-refractivity contribution is 7.61. The van der Waals surface area contributed by atoms with E-state index >= 15 is 0 Å². The number of phosphoric acid groups is 2. The number of dihydropyridines is 1. The van der Waals surface area contributed by atoms with E-state index in [1.165, 1.54) is 22.3 Å². The summed E-state index contributed by atoms with van der Waals surface area (Å²) in [5, 5.41) is 56.8. The maximum Gasteiger partial charge on any atom is 0.481 e. The minimum absolute atomic E-state index is 0.0617. The van der Waals surface area contributed by atoms with Crippen LogP contribution in [0, 0.1) is 11.8 Å². The van der Waals surface area contributed by atoms with Crippen molar-refractivity contribution in [1.82, 2.24) is 14.9 Å². The summed E-state index contributed by atoms with van der Waals surface area (Å²) in [5.41, 5.74) is 13.6. The number of nitrogen functional groups attached to an aromatic ring is 1. The minimum Gasteiger partial charge on any atom is -0.388 e. The van der Waals surface area contributed by atoms with Crippen LogP contribution in [0.15, 0.2) is 35.2 Å². The molecular formula is C30H46N8O15P2. The van der Waals surface area contributed by atoms with Gasteiger partial charge in [-0.2, -0.15) is 4.31 Å². The third-order valence-corrected chi connectivity index (χ3v) is 12.6. The van der Waals surface area contributed by atoms with Crippen LogP contribution in [0.3, 0.4) is 0 Å². The number of rotatable bonds is 15. The van der Waals surface area contributed by atoms with E-state index in [-0.39, 0.29) is 24.8 Å². The van der Waals surface area contributed by atoms with Gasteiger partial charge in [-0.3, -0.25) is 18.8 Å². The molecule has 55 heavy (non-hydrogen) atoms. The van der Waals surface area contributed by atoms with Gasteiger partial charge in [-0.25, -0.2) is 19.1 Å². The molecule has 5 aliphatic rings. The number of carbonyl (C=O) groups excluding carboxylic acids is 1. The monoisotopic (exact) mass is 820 g/mol. The highest BCUT2D eigenvalue weighted by Crippen LogP contribution is 2.60. The van der Waals surface area contributed by atoms with Crippen LogP contribution < -0.4 is 21.7 Å². The molecule has 3 unspecified atom stereocenters. The predicted octanol–water partition coefficient (Wildman–Crippen LogP) is -2.13. The van der Waals surface area contributed by atoms with Gasteiger partial charge < -0.3 is 71.4 Å². The quantitative estimate of drug-likeness (QED) is 0.0667. The van der Waals surface area contributed by atoms with Crippen molar-refractivity contribution < 1.29 is 72.1 Å². The Morgan fingerprint density at radius 1 is 1.04 bits per heavy atom. The van der Waals surface area contributed by atoms with Gasteiger partial charge in [-0.15, -0.1) is 0 Å². The van der Waals surface area contributed by atoms with Crippen molar-refractivity contribution in [1.29, 1.82) is 0 Å². The normalized spacial score (nSPS) is 34.7. The second kappa shape index (κ2) is 16.8. The minimum atomic E-state index is -5.43. The van der Waals surface area contributed by atoms with E-state index < -0.39 is 102 Å². The molecule has 2 saturated heterocycles. The topological polar surface area (TPSA) is 348 Å². The van der Waals surface area contributed by atoms with Crippen LogP contribution in [0.4, 0.5) is 17.3 Å². The van der Waals surface area contributed by atoms with Crippen LogP contribution in [-0.4, -0.2) is 150 Å². The average molecular weight is 821 g/mol. The molecule has 0 radical (unpaired) electrons. The molecule has 0 aliphatic carbocycles. The number of nitrogens with two attached hydrogens (primary N) is 2. The largest absolute Gasteiger partial charge is 0.481 e. The van der Waals surface area contributed by atoms with Crippen molar-refractivity contribution in [3.8, 4) is 0 Å².